The van der Waals surface area contributed by atoms with E-state index in [-0.39, 0.29) is 5.91 Å². The summed E-state index contributed by atoms with van der Waals surface area (Å²) in [5.41, 5.74) is 4.14. The zero-order valence-electron chi connectivity index (χ0n) is 15.3. The predicted octanol–water partition coefficient (Wildman–Crippen LogP) is 5.72. The summed E-state index contributed by atoms with van der Waals surface area (Å²) in [6, 6.07) is 18.0. The maximum Gasteiger partial charge on any atom is 0.255 e. The topological polar surface area (TPSA) is 64.4 Å². The highest BCUT2D eigenvalue weighted by atomic mass is 35.5. The van der Waals surface area contributed by atoms with E-state index < -0.39 is 0 Å². The molecule has 6 heteroatoms. The van der Waals surface area contributed by atoms with Crippen LogP contribution in [0.3, 0.4) is 0 Å². The van der Waals surface area contributed by atoms with Crippen LogP contribution >= 0.6 is 11.6 Å². The van der Waals surface area contributed by atoms with Crippen molar-refractivity contribution >= 4 is 34.3 Å². The molecule has 1 N–H and O–H groups in total. The van der Waals surface area contributed by atoms with Crippen LogP contribution < -0.4 is 10.1 Å². The van der Waals surface area contributed by atoms with Gasteiger partial charge in [0.05, 0.1) is 7.11 Å². The Balaban J connectivity index is 1.60. The zero-order valence-corrected chi connectivity index (χ0v) is 16.1. The van der Waals surface area contributed by atoms with E-state index in [1.165, 1.54) is 0 Å². The van der Waals surface area contributed by atoms with E-state index in [0.717, 1.165) is 16.9 Å². The smallest absolute Gasteiger partial charge is 0.255 e. The molecule has 0 atom stereocenters. The lowest BCUT2D eigenvalue weighted by molar-refractivity contribution is 0.102. The minimum Gasteiger partial charge on any atom is -0.497 e. The van der Waals surface area contributed by atoms with E-state index in [1.807, 2.05) is 37.3 Å². The number of rotatable bonds is 4. The van der Waals surface area contributed by atoms with Crippen molar-refractivity contribution in [2.45, 2.75) is 6.92 Å². The third kappa shape index (κ3) is 3.57. The van der Waals surface area contributed by atoms with Gasteiger partial charge in [-0.05, 0) is 61.0 Å². The van der Waals surface area contributed by atoms with Crippen molar-refractivity contribution in [2.24, 2.45) is 0 Å². The Labute approximate surface area is 166 Å². The van der Waals surface area contributed by atoms with Crippen LogP contribution in [-0.4, -0.2) is 18.0 Å². The fourth-order valence-electron chi connectivity index (χ4n) is 2.82. The third-order valence-corrected chi connectivity index (χ3v) is 4.80. The number of halogens is 1. The van der Waals surface area contributed by atoms with Crippen molar-refractivity contribution in [3.05, 3.63) is 76.8 Å². The van der Waals surface area contributed by atoms with Gasteiger partial charge in [-0.1, -0.05) is 23.7 Å². The van der Waals surface area contributed by atoms with Gasteiger partial charge in [0.2, 0.25) is 5.89 Å². The fourth-order valence-corrected chi connectivity index (χ4v) is 3.00. The minimum atomic E-state index is -0.238. The summed E-state index contributed by atoms with van der Waals surface area (Å²) in [6.07, 6.45) is 0. The molecule has 3 aromatic carbocycles. The van der Waals surface area contributed by atoms with Gasteiger partial charge < -0.3 is 14.5 Å². The van der Waals surface area contributed by atoms with Crippen molar-refractivity contribution in [3.8, 4) is 17.2 Å². The van der Waals surface area contributed by atoms with Crippen molar-refractivity contribution in [2.75, 3.05) is 12.4 Å². The van der Waals surface area contributed by atoms with Crippen molar-refractivity contribution in [1.82, 2.24) is 4.98 Å². The van der Waals surface area contributed by atoms with E-state index in [4.69, 9.17) is 20.8 Å². The highest BCUT2D eigenvalue weighted by Crippen LogP contribution is 2.28. The number of oxazole rings is 1. The van der Waals surface area contributed by atoms with Gasteiger partial charge in [0.15, 0.2) is 5.58 Å². The van der Waals surface area contributed by atoms with Crippen molar-refractivity contribution < 1.29 is 13.9 Å². The summed E-state index contributed by atoms with van der Waals surface area (Å²) in [6.45, 7) is 1.89. The number of nitrogens with one attached hydrogen (secondary N) is 1. The van der Waals surface area contributed by atoms with Gasteiger partial charge in [0.25, 0.3) is 5.91 Å². The number of benzene rings is 3. The third-order valence-electron chi connectivity index (χ3n) is 4.40. The minimum absolute atomic E-state index is 0.238. The first-order chi connectivity index (χ1) is 13.5. The van der Waals surface area contributed by atoms with Crippen LogP contribution in [0.1, 0.15) is 15.9 Å². The normalized spacial score (nSPS) is 10.8. The van der Waals surface area contributed by atoms with E-state index in [9.17, 15) is 4.79 Å². The second-order valence-corrected chi connectivity index (χ2v) is 6.76. The lowest BCUT2D eigenvalue weighted by atomic mass is 10.1. The van der Waals surface area contributed by atoms with Gasteiger partial charge in [-0.3, -0.25) is 4.79 Å². The molecule has 0 spiro atoms. The molecule has 0 aliphatic carbocycles. The largest absolute Gasteiger partial charge is 0.497 e. The summed E-state index contributed by atoms with van der Waals surface area (Å²) < 4.78 is 11.1. The quantitative estimate of drug-likeness (QED) is 0.482. The first-order valence-electron chi connectivity index (χ1n) is 8.66. The van der Waals surface area contributed by atoms with Crippen LogP contribution in [0.2, 0.25) is 5.02 Å². The summed E-state index contributed by atoms with van der Waals surface area (Å²) >= 11 is 6.11. The number of ether oxygens (including phenoxy) is 1. The van der Waals surface area contributed by atoms with Gasteiger partial charge in [-0.15, -0.1) is 0 Å². The SMILES string of the molecule is COc1cccc(-c2nc3cc(NC(=O)c4ccc(C)c(Cl)c4)ccc3o2)c1. The van der Waals surface area contributed by atoms with Crippen LogP contribution in [0.15, 0.2) is 65.1 Å². The van der Waals surface area contributed by atoms with Crippen molar-refractivity contribution in [1.29, 1.82) is 0 Å². The molecule has 5 nitrogen and oxygen atoms in total. The summed E-state index contributed by atoms with van der Waals surface area (Å²) in [7, 11) is 1.61. The Hall–Kier alpha value is -3.31. The van der Waals surface area contributed by atoms with E-state index in [0.29, 0.717) is 33.3 Å². The number of aryl methyl sites for hydroxylation is 1. The van der Waals surface area contributed by atoms with E-state index >= 15 is 0 Å². The number of aromatic nitrogens is 1. The number of anilines is 1. The highest BCUT2D eigenvalue weighted by molar-refractivity contribution is 6.31. The number of nitrogens with zero attached hydrogens (tertiary/aromatic N) is 1. The molecule has 0 aliphatic heterocycles. The van der Waals surface area contributed by atoms with Crippen LogP contribution in [-0.2, 0) is 0 Å². The zero-order chi connectivity index (χ0) is 19.7. The average molecular weight is 393 g/mol. The molecule has 4 aromatic rings. The fraction of sp³-hybridized carbons (Fsp3) is 0.0909. The molecular weight excluding hydrogens is 376 g/mol. The predicted molar refractivity (Wildman–Crippen MR) is 110 cm³/mol. The number of methoxy groups -OCH3 is 1. The molecule has 0 aliphatic rings. The average Bonchev–Trinajstić information content (AvgIpc) is 3.13. The summed E-state index contributed by atoms with van der Waals surface area (Å²) in [4.78, 5) is 17.0. The first-order valence-corrected chi connectivity index (χ1v) is 9.04. The highest BCUT2D eigenvalue weighted by Gasteiger charge is 2.12. The molecule has 4 rings (SSSR count). The van der Waals surface area contributed by atoms with Crippen LogP contribution in [0.25, 0.3) is 22.6 Å². The number of hydrogen-bond donors (Lipinski definition) is 1. The van der Waals surface area contributed by atoms with Crippen LogP contribution in [0.5, 0.6) is 5.75 Å². The number of hydrogen-bond acceptors (Lipinski definition) is 4. The Morgan fingerprint density at radius 3 is 2.75 bits per heavy atom. The standard InChI is InChI=1S/C22H17ClN2O3/c1-13-6-7-14(11-18(13)23)21(26)24-16-8-9-20-19(12-16)25-22(28-20)15-4-3-5-17(10-15)27-2/h3-12H,1-2H3,(H,24,26). The number of carbonyl (C=O) groups is 1. The Morgan fingerprint density at radius 1 is 1.11 bits per heavy atom. The second kappa shape index (κ2) is 7.37. The van der Waals surface area contributed by atoms with Crippen molar-refractivity contribution in [3.63, 3.8) is 0 Å². The molecule has 28 heavy (non-hydrogen) atoms. The second-order valence-electron chi connectivity index (χ2n) is 6.35. The molecule has 1 amide bonds. The van der Waals surface area contributed by atoms with Gasteiger partial charge >= 0.3 is 0 Å². The number of amides is 1. The summed E-state index contributed by atoms with van der Waals surface area (Å²) in [5, 5.41) is 3.42. The maximum atomic E-state index is 12.5. The summed E-state index contributed by atoms with van der Waals surface area (Å²) in [5.74, 6) is 0.977. The molecular formula is C22H17ClN2O3. The number of carbonyl (C=O) groups excluding carboxylic acids is 1. The first kappa shape index (κ1) is 18.1. The molecule has 1 heterocycles. The van der Waals surface area contributed by atoms with Crippen LogP contribution in [0.4, 0.5) is 5.69 Å². The van der Waals surface area contributed by atoms with E-state index in [2.05, 4.69) is 10.3 Å². The van der Waals surface area contributed by atoms with Crippen LogP contribution in [0, 0.1) is 6.92 Å². The van der Waals surface area contributed by atoms with Gasteiger partial charge in [-0.2, -0.15) is 0 Å². The van der Waals surface area contributed by atoms with Gasteiger partial charge in [-0.25, -0.2) is 4.98 Å². The Morgan fingerprint density at radius 2 is 1.96 bits per heavy atom. The molecule has 0 fully saturated rings. The Kier molecular flexibility index (Phi) is 4.75. The molecule has 1 aromatic heterocycles. The molecule has 0 unspecified atom stereocenters. The molecule has 0 saturated carbocycles. The molecule has 0 radical (unpaired) electrons. The lowest BCUT2D eigenvalue weighted by Crippen LogP contribution is -2.11. The Bertz CT molecular complexity index is 1180. The monoisotopic (exact) mass is 392 g/mol. The van der Waals surface area contributed by atoms with Gasteiger partial charge in [0.1, 0.15) is 11.3 Å². The molecule has 140 valence electrons. The molecule has 0 bridgehead atoms. The maximum absolute atomic E-state index is 12.5. The number of fused-ring (bicyclic) bond motifs is 1. The van der Waals surface area contributed by atoms with Gasteiger partial charge in [0, 0.05) is 21.8 Å². The van der Waals surface area contributed by atoms with E-state index in [1.54, 1.807) is 37.4 Å². The molecule has 0 saturated heterocycles. The lowest BCUT2D eigenvalue weighted by Gasteiger charge is -2.06.